The van der Waals surface area contributed by atoms with Gasteiger partial charge in [-0.25, -0.2) is 0 Å². The maximum atomic E-state index is 5.89. The molecule has 5 atom stereocenters. The monoisotopic (exact) mass is 198 g/mol. The van der Waals surface area contributed by atoms with Crippen molar-refractivity contribution in [2.24, 2.45) is 5.73 Å². The van der Waals surface area contributed by atoms with E-state index in [1.165, 1.54) is 25.7 Å². The zero-order chi connectivity index (χ0) is 10.1. The number of hydrogen-bond donors (Lipinski definition) is 2. The van der Waals surface area contributed by atoms with Gasteiger partial charge in [-0.3, -0.25) is 0 Å². The van der Waals surface area contributed by atoms with Crippen LogP contribution in [-0.4, -0.2) is 30.3 Å². The molecule has 0 aliphatic carbocycles. The van der Waals surface area contributed by atoms with E-state index in [9.17, 15) is 0 Å². The molecule has 2 rings (SSSR count). The second-order valence-corrected chi connectivity index (χ2v) is 4.87. The number of nitrogens with two attached hydrogens (primary N) is 1. The summed E-state index contributed by atoms with van der Waals surface area (Å²) in [6, 6.07) is 1.14. The summed E-state index contributed by atoms with van der Waals surface area (Å²) in [5, 5.41) is 3.60. The molecule has 3 N–H and O–H groups in total. The van der Waals surface area contributed by atoms with Crippen LogP contribution in [-0.2, 0) is 4.74 Å². The fourth-order valence-electron chi connectivity index (χ4n) is 2.47. The van der Waals surface area contributed by atoms with Crippen molar-refractivity contribution in [3.63, 3.8) is 0 Å². The molecule has 0 spiro atoms. The molecule has 2 saturated heterocycles. The van der Waals surface area contributed by atoms with Gasteiger partial charge in [-0.2, -0.15) is 0 Å². The first-order valence-electron chi connectivity index (χ1n) is 5.84. The molecule has 2 aliphatic heterocycles. The second-order valence-electron chi connectivity index (χ2n) is 4.87. The summed E-state index contributed by atoms with van der Waals surface area (Å²) >= 11 is 0. The zero-order valence-electron chi connectivity index (χ0n) is 9.20. The highest BCUT2D eigenvalue weighted by Crippen LogP contribution is 2.32. The van der Waals surface area contributed by atoms with Gasteiger partial charge in [0.1, 0.15) is 0 Å². The van der Waals surface area contributed by atoms with Gasteiger partial charge in [0.25, 0.3) is 0 Å². The Balaban J connectivity index is 1.85. The van der Waals surface area contributed by atoms with Gasteiger partial charge < -0.3 is 15.8 Å². The molecule has 2 heterocycles. The fraction of sp³-hybridized carbons (Fsp3) is 1.00. The first kappa shape index (κ1) is 10.4. The molecule has 82 valence electrons. The minimum absolute atomic E-state index is 0.217. The summed E-state index contributed by atoms with van der Waals surface area (Å²) in [6.07, 6.45) is 5.98. The van der Waals surface area contributed by atoms with Crippen molar-refractivity contribution in [2.45, 2.75) is 69.9 Å². The molecule has 2 fully saturated rings. The van der Waals surface area contributed by atoms with E-state index < -0.39 is 0 Å². The van der Waals surface area contributed by atoms with Crippen LogP contribution in [0.15, 0.2) is 0 Å². The summed E-state index contributed by atoms with van der Waals surface area (Å²) in [5.41, 5.74) is 5.85. The van der Waals surface area contributed by atoms with E-state index in [2.05, 4.69) is 19.2 Å². The van der Waals surface area contributed by atoms with Crippen LogP contribution in [0.4, 0.5) is 0 Å². The van der Waals surface area contributed by atoms with E-state index in [-0.39, 0.29) is 6.04 Å². The molecular formula is C11H22N2O. The van der Waals surface area contributed by atoms with Gasteiger partial charge in [0, 0.05) is 18.1 Å². The Morgan fingerprint density at radius 2 is 1.93 bits per heavy atom. The average molecular weight is 198 g/mol. The van der Waals surface area contributed by atoms with Gasteiger partial charge in [-0.05, 0) is 39.5 Å². The van der Waals surface area contributed by atoms with Crippen molar-refractivity contribution in [1.82, 2.24) is 5.32 Å². The third-order valence-electron chi connectivity index (χ3n) is 3.65. The molecule has 0 amide bonds. The molecule has 5 unspecified atom stereocenters. The zero-order valence-corrected chi connectivity index (χ0v) is 9.20. The summed E-state index contributed by atoms with van der Waals surface area (Å²) in [4.78, 5) is 0. The lowest BCUT2D eigenvalue weighted by atomic mass is 10.0. The van der Waals surface area contributed by atoms with Crippen LogP contribution in [0.25, 0.3) is 0 Å². The van der Waals surface area contributed by atoms with E-state index in [4.69, 9.17) is 10.5 Å². The maximum absolute atomic E-state index is 5.89. The predicted octanol–water partition coefficient (Wildman–Crippen LogP) is 1.02. The van der Waals surface area contributed by atoms with Gasteiger partial charge in [-0.15, -0.1) is 0 Å². The van der Waals surface area contributed by atoms with Gasteiger partial charge in [0.15, 0.2) is 0 Å². The van der Waals surface area contributed by atoms with E-state index in [0.717, 1.165) is 0 Å². The first-order chi connectivity index (χ1) is 6.66. The van der Waals surface area contributed by atoms with Crippen molar-refractivity contribution < 1.29 is 4.74 Å². The third-order valence-corrected chi connectivity index (χ3v) is 3.65. The smallest absolute Gasteiger partial charge is 0.0732 e. The fourth-order valence-corrected chi connectivity index (χ4v) is 2.47. The average Bonchev–Trinajstić information content (AvgIpc) is 2.53. The Labute approximate surface area is 86.4 Å². The normalized spacial score (nSPS) is 40.9. The first-order valence-corrected chi connectivity index (χ1v) is 5.84. The van der Waals surface area contributed by atoms with Crippen LogP contribution in [0.3, 0.4) is 0 Å². The highest BCUT2D eigenvalue weighted by Gasteiger charge is 2.37. The lowest BCUT2D eigenvalue weighted by molar-refractivity contribution is -0.0190. The van der Waals surface area contributed by atoms with Crippen molar-refractivity contribution in [1.29, 1.82) is 0 Å². The Hall–Kier alpha value is -0.120. The number of fused-ring (bicyclic) bond motifs is 2. The van der Waals surface area contributed by atoms with E-state index in [1.54, 1.807) is 0 Å². The Kier molecular flexibility index (Phi) is 3.10. The van der Waals surface area contributed by atoms with E-state index >= 15 is 0 Å². The van der Waals surface area contributed by atoms with Crippen LogP contribution in [0, 0.1) is 0 Å². The highest BCUT2D eigenvalue weighted by molar-refractivity contribution is 4.91. The molecule has 2 bridgehead atoms. The molecule has 0 aromatic rings. The molecule has 14 heavy (non-hydrogen) atoms. The molecule has 0 radical (unpaired) electrons. The molecule has 0 aromatic heterocycles. The van der Waals surface area contributed by atoms with Gasteiger partial charge in [0.05, 0.1) is 12.2 Å². The van der Waals surface area contributed by atoms with Gasteiger partial charge in [0.2, 0.25) is 0 Å². The van der Waals surface area contributed by atoms with Crippen LogP contribution in [0.2, 0.25) is 0 Å². The SMILES string of the molecule is CC(N)C(C)NC1CCC2CCC1O2. The van der Waals surface area contributed by atoms with Crippen LogP contribution >= 0.6 is 0 Å². The maximum Gasteiger partial charge on any atom is 0.0732 e. The van der Waals surface area contributed by atoms with E-state index in [1.807, 2.05) is 0 Å². The van der Waals surface area contributed by atoms with Gasteiger partial charge >= 0.3 is 0 Å². The molecular weight excluding hydrogens is 176 g/mol. The molecule has 3 heteroatoms. The number of rotatable bonds is 3. The number of hydrogen-bond acceptors (Lipinski definition) is 3. The van der Waals surface area contributed by atoms with Crippen molar-refractivity contribution in [2.75, 3.05) is 0 Å². The van der Waals surface area contributed by atoms with Crippen molar-refractivity contribution in [3.05, 3.63) is 0 Å². The molecule has 0 aromatic carbocycles. The van der Waals surface area contributed by atoms with Gasteiger partial charge in [-0.1, -0.05) is 0 Å². The summed E-state index contributed by atoms with van der Waals surface area (Å²) in [5.74, 6) is 0. The third kappa shape index (κ3) is 2.10. The standard InChI is InChI=1S/C11H22N2O/c1-7(12)8(2)13-10-5-3-9-4-6-11(10)14-9/h7-11,13H,3-6,12H2,1-2H3. The summed E-state index contributed by atoms with van der Waals surface area (Å²) in [7, 11) is 0. The van der Waals surface area contributed by atoms with Crippen molar-refractivity contribution >= 4 is 0 Å². The van der Waals surface area contributed by atoms with E-state index in [0.29, 0.717) is 24.3 Å². The topological polar surface area (TPSA) is 47.3 Å². The predicted molar refractivity (Wildman–Crippen MR) is 57.2 cm³/mol. The number of ether oxygens (including phenoxy) is 1. The van der Waals surface area contributed by atoms with Crippen LogP contribution in [0.5, 0.6) is 0 Å². The Morgan fingerprint density at radius 1 is 1.21 bits per heavy atom. The lowest BCUT2D eigenvalue weighted by Crippen LogP contribution is -2.51. The molecule has 0 saturated carbocycles. The largest absolute Gasteiger partial charge is 0.373 e. The molecule has 3 nitrogen and oxygen atoms in total. The minimum Gasteiger partial charge on any atom is -0.373 e. The Bertz CT molecular complexity index is 196. The van der Waals surface area contributed by atoms with Crippen LogP contribution < -0.4 is 11.1 Å². The second kappa shape index (κ2) is 4.17. The summed E-state index contributed by atoms with van der Waals surface area (Å²) < 4.78 is 5.89. The van der Waals surface area contributed by atoms with Crippen LogP contribution in [0.1, 0.15) is 39.5 Å². The van der Waals surface area contributed by atoms with Crippen molar-refractivity contribution in [3.8, 4) is 0 Å². The molecule has 2 aliphatic rings. The lowest BCUT2D eigenvalue weighted by Gasteiger charge is -2.33. The minimum atomic E-state index is 0.217. The summed E-state index contributed by atoms with van der Waals surface area (Å²) in [6.45, 7) is 4.21. The Morgan fingerprint density at radius 3 is 2.64 bits per heavy atom. The highest BCUT2D eigenvalue weighted by atomic mass is 16.5. The number of nitrogens with one attached hydrogen (secondary N) is 1. The quantitative estimate of drug-likeness (QED) is 0.712.